The molecule has 0 aromatic heterocycles. The standard InChI is InChI=1S/C17H20ClNO/c1-12-5-3-6-13(2)17(12)10-15(19)11-20-16-8-4-7-14(18)9-16/h3-9,15H,10-11,19H2,1-2H3. The molecule has 0 heterocycles. The maximum absolute atomic E-state index is 6.17. The lowest BCUT2D eigenvalue weighted by molar-refractivity contribution is 0.287. The molecular weight excluding hydrogens is 270 g/mol. The molecule has 1 atom stereocenters. The highest BCUT2D eigenvalue weighted by molar-refractivity contribution is 6.30. The van der Waals surface area contributed by atoms with Gasteiger partial charge in [-0.25, -0.2) is 0 Å². The van der Waals surface area contributed by atoms with E-state index >= 15 is 0 Å². The van der Waals surface area contributed by atoms with Gasteiger partial charge >= 0.3 is 0 Å². The van der Waals surface area contributed by atoms with Crippen LogP contribution in [0.2, 0.25) is 5.02 Å². The average Bonchev–Trinajstić information content (AvgIpc) is 2.41. The summed E-state index contributed by atoms with van der Waals surface area (Å²) in [6.07, 6.45) is 0.819. The number of aryl methyl sites for hydroxylation is 2. The van der Waals surface area contributed by atoms with Crippen LogP contribution in [-0.2, 0) is 6.42 Å². The van der Waals surface area contributed by atoms with E-state index < -0.39 is 0 Å². The zero-order valence-electron chi connectivity index (χ0n) is 11.9. The van der Waals surface area contributed by atoms with Crippen LogP contribution < -0.4 is 10.5 Å². The number of halogens is 1. The molecule has 2 rings (SSSR count). The van der Waals surface area contributed by atoms with Gasteiger partial charge in [-0.1, -0.05) is 35.9 Å². The van der Waals surface area contributed by atoms with Crippen molar-refractivity contribution in [3.05, 3.63) is 64.2 Å². The first-order valence-corrected chi connectivity index (χ1v) is 7.13. The van der Waals surface area contributed by atoms with Crippen LogP contribution in [0.4, 0.5) is 0 Å². The maximum Gasteiger partial charge on any atom is 0.120 e. The first kappa shape index (κ1) is 14.9. The Labute approximate surface area is 125 Å². The monoisotopic (exact) mass is 289 g/mol. The van der Waals surface area contributed by atoms with Gasteiger partial charge in [-0.05, 0) is 55.2 Å². The number of nitrogens with two attached hydrogens (primary N) is 1. The molecule has 2 aromatic rings. The quantitative estimate of drug-likeness (QED) is 0.906. The van der Waals surface area contributed by atoms with E-state index in [4.69, 9.17) is 22.1 Å². The van der Waals surface area contributed by atoms with Gasteiger partial charge in [-0.15, -0.1) is 0 Å². The first-order chi connectivity index (χ1) is 9.56. The highest BCUT2D eigenvalue weighted by atomic mass is 35.5. The molecule has 2 aromatic carbocycles. The maximum atomic E-state index is 6.17. The highest BCUT2D eigenvalue weighted by Crippen LogP contribution is 2.18. The molecule has 0 aliphatic carbocycles. The van der Waals surface area contributed by atoms with Gasteiger partial charge in [-0.3, -0.25) is 0 Å². The number of rotatable bonds is 5. The second kappa shape index (κ2) is 6.78. The van der Waals surface area contributed by atoms with Crippen molar-refractivity contribution in [2.45, 2.75) is 26.3 Å². The Bertz CT molecular complexity index is 563. The molecule has 106 valence electrons. The molecule has 2 N–H and O–H groups in total. The minimum absolute atomic E-state index is 0.0335. The van der Waals surface area contributed by atoms with E-state index in [2.05, 4.69) is 32.0 Å². The molecule has 0 bridgehead atoms. The summed E-state index contributed by atoms with van der Waals surface area (Å²) in [5.41, 5.74) is 10.0. The molecule has 0 spiro atoms. The fraction of sp³-hybridized carbons (Fsp3) is 0.294. The highest BCUT2D eigenvalue weighted by Gasteiger charge is 2.09. The SMILES string of the molecule is Cc1cccc(C)c1CC(N)COc1cccc(Cl)c1. The van der Waals surface area contributed by atoms with Gasteiger partial charge < -0.3 is 10.5 Å². The van der Waals surface area contributed by atoms with E-state index in [0.717, 1.165) is 12.2 Å². The number of hydrogen-bond acceptors (Lipinski definition) is 2. The number of ether oxygens (including phenoxy) is 1. The molecule has 0 saturated carbocycles. The fourth-order valence-corrected chi connectivity index (χ4v) is 2.43. The summed E-state index contributed by atoms with van der Waals surface area (Å²) in [6, 6.07) is 13.7. The van der Waals surface area contributed by atoms with E-state index in [-0.39, 0.29) is 6.04 Å². The summed E-state index contributed by atoms with van der Waals surface area (Å²) in [4.78, 5) is 0. The molecule has 0 amide bonds. The third-order valence-corrected chi connectivity index (χ3v) is 3.61. The summed E-state index contributed by atoms with van der Waals surface area (Å²) in [5, 5.41) is 0.672. The second-order valence-corrected chi connectivity index (χ2v) is 5.54. The van der Waals surface area contributed by atoms with Crippen molar-refractivity contribution >= 4 is 11.6 Å². The Balaban J connectivity index is 1.94. The molecule has 0 aliphatic rings. The lowest BCUT2D eigenvalue weighted by atomic mass is 9.97. The van der Waals surface area contributed by atoms with E-state index in [9.17, 15) is 0 Å². The number of benzene rings is 2. The van der Waals surface area contributed by atoms with Crippen LogP contribution >= 0.6 is 11.6 Å². The first-order valence-electron chi connectivity index (χ1n) is 6.75. The van der Waals surface area contributed by atoms with Crippen LogP contribution in [-0.4, -0.2) is 12.6 Å². The second-order valence-electron chi connectivity index (χ2n) is 5.10. The topological polar surface area (TPSA) is 35.2 Å². The van der Waals surface area contributed by atoms with E-state index in [1.54, 1.807) is 6.07 Å². The van der Waals surface area contributed by atoms with Crippen molar-refractivity contribution in [2.24, 2.45) is 5.73 Å². The van der Waals surface area contributed by atoms with Crippen LogP contribution in [0.5, 0.6) is 5.75 Å². The summed E-state index contributed by atoms with van der Waals surface area (Å²) in [7, 11) is 0. The van der Waals surface area contributed by atoms with Crippen molar-refractivity contribution in [3.8, 4) is 5.75 Å². The molecule has 2 nitrogen and oxygen atoms in total. The lowest BCUT2D eigenvalue weighted by Crippen LogP contribution is -2.30. The zero-order valence-corrected chi connectivity index (χ0v) is 12.7. The van der Waals surface area contributed by atoms with Crippen molar-refractivity contribution < 1.29 is 4.74 Å². The smallest absolute Gasteiger partial charge is 0.120 e. The molecule has 3 heteroatoms. The van der Waals surface area contributed by atoms with Crippen molar-refractivity contribution in [3.63, 3.8) is 0 Å². The Kier molecular flexibility index (Phi) is 5.05. The van der Waals surface area contributed by atoms with Gasteiger partial charge in [-0.2, -0.15) is 0 Å². The van der Waals surface area contributed by atoms with Crippen LogP contribution in [0.25, 0.3) is 0 Å². The number of hydrogen-bond donors (Lipinski definition) is 1. The van der Waals surface area contributed by atoms with Crippen LogP contribution in [0.1, 0.15) is 16.7 Å². The van der Waals surface area contributed by atoms with E-state index in [1.165, 1.54) is 16.7 Å². The molecule has 0 fully saturated rings. The predicted octanol–water partition coefficient (Wildman–Crippen LogP) is 3.91. The van der Waals surface area contributed by atoms with Crippen LogP contribution in [0.3, 0.4) is 0 Å². The molecule has 0 saturated heterocycles. The average molecular weight is 290 g/mol. The molecule has 0 radical (unpaired) electrons. The Morgan fingerprint density at radius 3 is 2.40 bits per heavy atom. The lowest BCUT2D eigenvalue weighted by Gasteiger charge is -2.16. The Morgan fingerprint density at radius 2 is 1.75 bits per heavy atom. The molecular formula is C17H20ClNO. The fourth-order valence-electron chi connectivity index (χ4n) is 2.25. The molecule has 20 heavy (non-hydrogen) atoms. The van der Waals surface area contributed by atoms with Crippen LogP contribution in [0, 0.1) is 13.8 Å². The summed E-state index contributed by atoms with van der Waals surface area (Å²) in [6.45, 7) is 4.72. The van der Waals surface area contributed by atoms with Gasteiger partial charge in [0, 0.05) is 11.1 Å². The minimum atomic E-state index is -0.0335. The van der Waals surface area contributed by atoms with Gasteiger partial charge in [0.1, 0.15) is 12.4 Å². The zero-order chi connectivity index (χ0) is 14.5. The summed E-state index contributed by atoms with van der Waals surface area (Å²) in [5.74, 6) is 0.759. The van der Waals surface area contributed by atoms with Gasteiger partial charge in [0.2, 0.25) is 0 Å². The molecule has 1 unspecified atom stereocenters. The minimum Gasteiger partial charge on any atom is -0.492 e. The summed E-state index contributed by atoms with van der Waals surface area (Å²) >= 11 is 5.92. The molecule has 0 aliphatic heterocycles. The summed E-state index contributed by atoms with van der Waals surface area (Å²) < 4.78 is 5.69. The third-order valence-electron chi connectivity index (χ3n) is 3.37. The van der Waals surface area contributed by atoms with E-state index in [0.29, 0.717) is 11.6 Å². The van der Waals surface area contributed by atoms with Crippen molar-refractivity contribution in [1.29, 1.82) is 0 Å². The van der Waals surface area contributed by atoms with Crippen molar-refractivity contribution in [1.82, 2.24) is 0 Å². The predicted molar refractivity (Wildman–Crippen MR) is 84.5 cm³/mol. The normalized spacial score (nSPS) is 12.2. The van der Waals surface area contributed by atoms with Crippen LogP contribution in [0.15, 0.2) is 42.5 Å². The van der Waals surface area contributed by atoms with Gasteiger partial charge in [0.25, 0.3) is 0 Å². The largest absolute Gasteiger partial charge is 0.492 e. The Hall–Kier alpha value is -1.51. The van der Waals surface area contributed by atoms with Crippen molar-refractivity contribution in [2.75, 3.05) is 6.61 Å². The Morgan fingerprint density at radius 1 is 1.10 bits per heavy atom. The van der Waals surface area contributed by atoms with Gasteiger partial charge in [0.05, 0.1) is 0 Å². The third kappa shape index (κ3) is 3.99. The van der Waals surface area contributed by atoms with E-state index in [1.807, 2.05) is 18.2 Å². The van der Waals surface area contributed by atoms with Gasteiger partial charge in [0.15, 0.2) is 0 Å².